The topological polar surface area (TPSA) is 9.23 Å². The molecule has 2 aliphatic rings. The number of halogens is 1. The second-order valence-electron chi connectivity index (χ2n) is 3.04. The molecule has 62 valence electrons. The fourth-order valence-electron chi connectivity index (χ4n) is 1.64. The van der Waals surface area contributed by atoms with Crippen LogP contribution in [0.3, 0.4) is 0 Å². The number of rotatable bonds is 0. The van der Waals surface area contributed by atoms with E-state index in [9.17, 15) is 0 Å². The Morgan fingerprint density at radius 3 is 2.17 bits per heavy atom. The third-order valence-electron chi connectivity index (χ3n) is 2.40. The number of hydrogen-bond donors (Lipinski definition) is 0. The first kappa shape index (κ1) is 7.84. The highest BCUT2D eigenvalue weighted by Gasteiger charge is 2.44. The van der Waals surface area contributed by atoms with Gasteiger partial charge < -0.3 is 4.74 Å². The molecule has 0 aromatic heterocycles. The van der Waals surface area contributed by atoms with Gasteiger partial charge in [-0.05, 0) is 16.7 Å². The smallest absolute Gasteiger partial charge is 0.110 e. The monoisotopic (exact) mass is 180 g/mol. The summed E-state index contributed by atoms with van der Waals surface area (Å²) in [6, 6.07) is 0. The van der Waals surface area contributed by atoms with Gasteiger partial charge in [-0.3, -0.25) is 0 Å². The van der Waals surface area contributed by atoms with Gasteiger partial charge in [-0.25, -0.2) is 0 Å². The Hall–Kier alpha value is -0.790. The molecule has 12 heavy (non-hydrogen) atoms. The van der Waals surface area contributed by atoms with Crippen molar-refractivity contribution in [1.29, 1.82) is 0 Å². The minimum Gasteiger partial charge on any atom is -0.356 e. The summed E-state index contributed by atoms with van der Waals surface area (Å²) < 4.78 is 5.56. The van der Waals surface area contributed by atoms with E-state index in [-0.39, 0.29) is 12.2 Å². The van der Waals surface area contributed by atoms with Gasteiger partial charge in [0.05, 0.1) is 0 Å². The predicted octanol–water partition coefficient (Wildman–Crippen LogP) is 2.56. The van der Waals surface area contributed by atoms with Crippen LogP contribution in [0.1, 0.15) is 0 Å². The maximum atomic E-state index is 5.64. The van der Waals surface area contributed by atoms with Crippen molar-refractivity contribution in [2.45, 2.75) is 12.2 Å². The predicted molar refractivity (Wildman–Crippen MR) is 50.0 cm³/mol. The average Bonchev–Trinajstić information content (AvgIpc) is 2.51. The largest absolute Gasteiger partial charge is 0.356 e. The Labute approximate surface area is 76.7 Å². The van der Waals surface area contributed by atoms with Gasteiger partial charge in [-0.2, -0.15) is 0 Å². The van der Waals surface area contributed by atoms with E-state index in [4.69, 9.17) is 16.3 Å². The van der Waals surface area contributed by atoms with E-state index < -0.39 is 0 Å². The van der Waals surface area contributed by atoms with Crippen LogP contribution in [0.15, 0.2) is 47.6 Å². The van der Waals surface area contributed by atoms with Gasteiger partial charge in [-0.1, -0.05) is 31.3 Å². The van der Waals surface area contributed by atoms with E-state index in [1.54, 1.807) is 0 Å². The normalized spacial score (nSPS) is 37.1. The lowest BCUT2D eigenvalue weighted by molar-refractivity contribution is 0.141. The Balaban J connectivity index is 2.49. The lowest BCUT2D eigenvalue weighted by Gasteiger charge is -2.15. The van der Waals surface area contributed by atoms with E-state index >= 15 is 0 Å². The molecule has 2 atom stereocenters. The summed E-state index contributed by atoms with van der Waals surface area (Å²) in [5, 5.41) is 0. The van der Waals surface area contributed by atoms with Crippen LogP contribution in [0.2, 0.25) is 0 Å². The number of fused-ring (bicyclic) bond motifs is 2. The highest BCUT2D eigenvalue weighted by molar-refractivity contribution is 6.26. The Kier molecular flexibility index (Phi) is 1.53. The molecular weight excluding hydrogens is 172 g/mol. The van der Waals surface area contributed by atoms with Crippen LogP contribution in [0.25, 0.3) is 0 Å². The molecule has 2 fully saturated rings. The van der Waals surface area contributed by atoms with Crippen LogP contribution >= 0.6 is 11.6 Å². The summed E-state index contributed by atoms with van der Waals surface area (Å²) in [6.07, 6.45) is -0.167. The van der Waals surface area contributed by atoms with Crippen LogP contribution in [0.4, 0.5) is 0 Å². The van der Waals surface area contributed by atoms with Crippen molar-refractivity contribution in [3.05, 3.63) is 47.6 Å². The van der Waals surface area contributed by atoms with Crippen molar-refractivity contribution in [1.82, 2.24) is 0 Å². The zero-order valence-electron chi connectivity index (χ0n) is 6.64. The van der Waals surface area contributed by atoms with E-state index in [0.717, 1.165) is 22.3 Å². The zero-order chi connectivity index (χ0) is 8.88. The van der Waals surface area contributed by atoms with Gasteiger partial charge in [0.15, 0.2) is 0 Å². The molecule has 0 saturated carbocycles. The molecule has 2 heteroatoms. The highest BCUT2D eigenvalue weighted by Crippen LogP contribution is 2.46. The summed E-state index contributed by atoms with van der Waals surface area (Å²) in [4.78, 5) is 0. The van der Waals surface area contributed by atoms with Gasteiger partial charge in [0, 0.05) is 11.1 Å². The lowest BCUT2D eigenvalue weighted by atomic mass is 9.85. The van der Waals surface area contributed by atoms with Gasteiger partial charge in [0.2, 0.25) is 0 Å². The van der Waals surface area contributed by atoms with Crippen LogP contribution < -0.4 is 0 Å². The van der Waals surface area contributed by atoms with Crippen molar-refractivity contribution in [3.8, 4) is 0 Å². The molecule has 0 aromatic carbocycles. The summed E-state index contributed by atoms with van der Waals surface area (Å²) in [5.74, 6) is 0. The van der Waals surface area contributed by atoms with E-state index in [1.807, 2.05) is 0 Å². The Bertz CT molecular complexity index is 325. The first-order chi connectivity index (χ1) is 5.66. The van der Waals surface area contributed by atoms with Gasteiger partial charge in [0.25, 0.3) is 0 Å². The number of hydrogen-bond acceptors (Lipinski definition) is 1. The third-order valence-corrected chi connectivity index (χ3v) is 2.64. The standard InChI is InChI=1S/C10H9ClO/c1-5-6(2)10-8(4-11)7(3)9(5)12-10/h4,9-10H,1-3H2/b8-4-/t9-,10+/m1/s1. The Morgan fingerprint density at radius 2 is 1.67 bits per heavy atom. The molecule has 0 radical (unpaired) electrons. The fraction of sp³-hybridized carbons (Fsp3) is 0.200. The molecule has 0 aliphatic carbocycles. The van der Waals surface area contributed by atoms with Crippen LogP contribution in [-0.4, -0.2) is 12.2 Å². The summed E-state index contributed by atoms with van der Waals surface area (Å²) in [5.41, 5.74) is 5.25. The second kappa shape index (κ2) is 2.35. The van der Waals surface area contributed by atoms with Crippen molar-refractivity contribution in [3.63, 3.8) is 0 Å². The van der Waals surface area contributed by atoms with Crippen molar-refractivity contribution < 1.29 is 4.74 Å². The SMILES string of the molecule is C=C1C(=C)[C@@H]2O[C@H]1C(=C)/C2=C/Cl. The van der Waals surface area contributed by atoms with Crippen molar-refractivity contribution >= 4 is 11.6 Å². The molecule has 0 N–H and O–H groups in total. The first-order valence-corrected chi connectivity index (χ1v) is 4.13. The maximum Gasteiger partial charge on any atom is 0.110 e. The van der Waals surface area contributed by atoms with Crippen LogP contribution in [-0.2, 0) is 4.74 Å². The van der Waals surface area contributed by atoms with E-state index in [0.29, 0.717) is 0 Å². The molecule has 2 rings (SSSR count). The minimum absolute atomic E-state index is 0.0764. The summed E-state index contributed by atoms with van der Waals surface area (Å²) >= 11 is 5.64. The maximum absolute atomic E-state index is 5.64. The molecule has 0 spiro atoms. The second-order valence-corrected chi connectivity index (χ2v) is 3.25. The fourth-order valence-corrected chi connectivity index (χ4v) is 1.89. The molecule has 2 bridgehead atoms. The van der Waals surface area contributed by atoms with Crippen LogP contribution in [0, 0.1) is 0 Å². The minimum atomic E-state index is -0.0903. The molecule has 2 saturated heterocycles. The molecule has 1 nitrogen and oxygen atoms in total. The van der Waals surface area contributed by atoms with Crippen LogP contribution in [0.5, 0.6) is 0 Å². The third kappa shape index (κ3) is 0.728. The summed E-state index contributed by atoms with van der Waals surface area (Å²) in [7, 11) is 0. The molecule has 2 heterocycles. The Morgan fingerprint density at radius 1 is 1.08 bits per heavy atom. The van der Waals surface area contributed by atoms with E-state index in [1.165, 1.54) is 5.54 Å². The molecule has 2 aliphatic heterocycles. The van der Waals surface area contributed by atoms with Crippen molar-refractivity contribution in [2.75, 3.05) is 0 Å². The quantitative estimate of drug-likeness (QED) is 0.557. The molecule has 0 amide bonds. The lowest BCUT2D eigenvalue weighted by Crippen LogP contribution is -2.12. The zero-order valence-corrected chi connectivity index (χ0v) is 7.40. The van der Waals surface area contributed by atoms with E-state index in [2.05, 4.69) is 19.7 Å². The van der Waals surface area contributed by atoms with Crippen molar-refractivity contribution in [2.24, 2.45) is 0 Å². The molecule has 0 unspecified atom stereocenters. The molecular formula is C10H9ClO. The van der Waals surface area contributed by atoms with Gasteiger partial charge in [0.1, 0.15) is 12.2 Å². The number of ether oxygens (including phenoxy) is 1. The molecule has 0 aromatic rings. The average molecular weight is 181 g/mol. The van der Waals surface area contributed by atoms with Gasteiger partial charge >= 0.3 is 0 Å². The first-order valence-electron chi connectivity index (χ1n) is 3.69. The summed E-state index contributed by atoms with van der Waals surface area (Å²) in [6.45, 7) is 11.7. The highest BCUT2D eigenvalue weighted by atomic mass is 35.5. The van der Waals surface area contributed by atoms with Gasteiger partial charge in [-0.15, -0.1) is 0 Å².